The van der Waals surface area contributed by atoms with Crippen LogP contribution in [0.25, 0.3) is 5.57 Å². The molecule has 0 unspecified atom stereocenters. The molecule has 0 N–H and O–H groups in total. The molecule has 0 aliphatic carbocycles. The number of benzene rings is 3. The van der Waals surface area contributed by atoms with Crippen molar-refractivity contribution in [3.63, 3.8) is 0 Å². The van der Waals surface area contributed by atoms with Crippen molar-refractivity contribution < 1.29 is 23.5 Å². The summed E-state index contributed by atoms with van der Waals surface area (Å²) in [5.41, 5.74) is 2.46. The number of fused-ring (bicyclic) bond motifs is 1. The number of ether oxygens (including phenoxy) is 2. The smallest absolute Gasteiger partial charge is 0.278 e. The van der Waals surface area contributed by atoms with E-state index in [1.54, 1.807) is 30.1 Å². The van der Waals surface area contributed by atoms with Crippen LogP contribution in [-0.2, 0) is 16.1 Å². The molecule has 7 heteroatoms. The number of amides is 2. The maximum absolute atomic E-state index is 13.5. The molecule has 0 saturated carbocycles. The highest BCUT2D eigenvalue weighted by atomic mass is 19.1. The average molecular weight is 430 g/mol. The number of para-hydroxylation sites is 1. The molecule has 2 amide bonds. The molecule has 0 atom stereocenters. The van der Waals surface area contributed by atoms with Gasteiger partial charge in [-0.3, -0.25) is 14.5 Å². The largest absolute Gasteiger partial charge is 0.454 e. The Labute approximate surface area is 184 Å². The van der Waals surface area contributed by atoms with E-state index in [2.05, 4.69) is 0 Å². The van der Waals surface area contributed by atoms with Crippen molar-refractivity contribution in [2.45, 2.75) is 6.54 Å². The van der Waals surface area contributed by atoms with Crippen LogP contribution in [0.1, 0.15) is 11.1 Å². The number of halogens is 1. The summed E-state index contributed by atoms with van der Waals surface area (Å²) in [6.45, 7) is 0.216. The molecule has 160 valence electrons. The lowest BCUT2D eigenvalue weighted by atomic mass is 10.0. The molecular formula is C25H19FN2O4. The number of carbonyl (C=O) groups is 2. The summed E-state index contributed by atoms with van der Waals surface area (Å²) < 4.78 is 24.3. The maximum Gasteiger partial charge on any atom is 0.278 e. The van der Waals surface area contributed by atoms with Gasteiger partial charge < -0.3 is 14.4 Å². The minimum atomic E-state index is -0.433. The van der Waals surface area contributed by atoms with Crippen LogP contribution in [-0.4, -0.2) is 30.6 Å². The van der Waals surface area contributed by atoms with E-state index in [4.69, 9.17) is 9.47 Å². The first-order valence-electron chi connectivity index (χ1n) is 10.1. The third-order valence-corrected chi connectivity index (χ3v) is 5.53. The molecule has 5 rings (SSSR count). The van der Waals surface area contributed by atoms with Gasteiger partial charge in [-0.15, -0.1) is 0 Å². The Bertz CT molecular complexity index is 1240. The van der Waals surface area contributed by atoms with Gasteiger partial charge in [-0.25, -0.2) is 4.39 Å². The van der Waals surface area contributed by atoms with Crippen LogP contribution < -0.4 is 14.4 Å². The number of hydrogen-bond donors (Lipinski definition) is 0. The van der Waals surface area contributed by atoms with Crippen LogP contribution >= 0.6 is 0 Å². The number of imide groups is 1. The summed E-state index contributed by atoms with van der Waals surface area (Å²) in [7, 11) is 1.74. The van der Waals surface area contributed by atoms with Gasteiger partial charge in [0, 0.05) is 12.7 Å². The monoisotopic (exact) mass is 430 g/mol. The Balaban J connectivity index is 1.54. The molecule has 32 heavy (non-hydrogen) atoms. The van der Waals surface area contributed by atoms with Crippen LogP contribution in [0, 0.1) is 5.82 Å². The zero-order valence-corrected chi connectivity index (χ0v) is 17.2. The Hall–Kier alpha value is -4.13. The van der Waals surface area contributed by atoms with E-state index in [1.807, 2.05) is 30.3 Å². The van der Waals surface area contributed by atoms with Gasteiger partial charge in [-0.1, -0.05) is 36.4 Å². The lowest BCUT2D eigenvalue weighted by molar-refractivity contribution is -0.137. The van der Waals surface area contributed by atoms with Gasteiger partial charge in [0.15, 0.2) is 11.5 Å². The fourth-order valence-electron chi connectivity index (χ4n) is 3.90. The first kappa shape index (κ1) is 19.8. The first-order valence-corrected chi connectivity index (χ1v) is 10.1. The predicted molar refractivity (Wildman–Crippen MR) is 116 cm³/mol. The van der Waals surface area contributed by atoms with Crippen LogP contribution in [0.4, 0.5) is 10.1 Å². The molecule has 0 saturated heterocycles. The van der Waals surface area contributed by atoms with E-state index in [-0.39, 0.29) is 24.6 Å². The Morgan fingerprint density at radius 1 is 0.906 bits per heavy atom. The van der Waals surface area contributed by atoms with E-state index < -0.39 is 17.6 Å². The molecule has 0 fully saturated rings. The maximum atomic E-state index is 13.5. The SMILES string of the molecule is CN(C1=C(c2ccc(F)cc2)C(=O)N(Cc2ccc3c(c2)OCO3)C1=O)c1ccccc1. The van der Waals surface area contributed by atoms with Crippen molar-refractivity contribution in [1.82, 2.24) is 4.90 Å². The van der Waals surface area contributed by atoms with Crippen LogP contribution in [0.2, 0.25) is 0 Å². The standard InChI is InChI=1S/C25H19FN2O4/c1-27(19-5-3-2-4-6-19)23-22(17-8-10-18(26)11-9-17)24(29)28(25(23)30)14-16-7-12-20-21(13-16)32-15-31-20/h2-13H,14-15H2,1H3. The Kier molecular flexibility index (Phi) is 4.86. The van der Waals surface area contributed by atoms with E-state index in [0.29, 0.717) is 17.1 Å². The molecule has 0 radical (unpaired) electrons. The van der Waals surface area contributed by atoms with Crippen LogP contribution in [0.3, 0.4) is 0 Å². The average Bonchev–Trinajstić information content (AvgIpc) is 3.37. The highest BCUT2D eigenvalue weighted by Crippen LogP contribution is 2.36. The fourth-order valence-corrected chi connectivity index (χ4v) is 3.90. The summed E-state index contributed by atoms with van der Waals surface area (Å²) in [6, 6.07) is 20.2. The molecule has 0 spiro atoms. The van der Waals surface area contributed by atoms with E-state index in [0.717, 1.165) is 11.3 Å². The van der Waals surface area contributed by atoms with E-state index >= 15 is 0 Å². The van der Waals surface area contributed by atoms with E-state index in [1.165, 1.54) is 29.2 Å². The van der Waals surface area contributed by atoms with Crippen molar-refractivity contribution in [3.8, 4) is 11.5 Å². The minimum Gasteiger partial charge on any atom is -0.454 e. The predicted octanol–water partition coefficient (Wildman–Crippen LogP) is 3.97. The van der Waals surface area contributed by atoms with Crippen molar-refractivity contribution >= 4 is 23.1 Å². The van der Waals surface area contributed by atoms with Gasteiger partial charge in [-0.2, -0.15) is 0 Å². The summed E-state index contributed by atoms with van der Waals surface area (Å²) >= 11 is 0. The molecule has 2 aliphatic heterocycles. The summed E-state index contributed by atoms with van der Waals surface area (Å²) in [4.78, 5) is 29.8. The third-order valence-electron chi connectivity index (χ3n) is 5.53. The Morgan fingerprint density at radius 2 is 1.62 bits per heavy atom. The highest BCUT2D eigenvalue weighted by Gasteiger charge is 2.41. The molecule has 2 aliphatic rings. The number of hydrogen-bond acceptors (Lipinski definition) is 5. The second-order valence-electron chi connectivity index (χ2n) is 7.51. The van der Waals surface area contributed by atoms with Crippen molar-refractivity contribution in [3.05, 3.63) is 95.4 Å². The molecule has 0 bridgehead atoms. The summed E-state index contributed by atoms with van der Waals surface area (Å²) in [5, 5.41) is 0. The number of anilines is 1. The number of likely N-dealkylation sites (N-methyl/N-ethyl adjacent to an activating group) is 1. The number of nitrogens with zero attached hydrogens (tertiary/aromatic N) is 2. The molecule has 6 nitrogen and oxygen atoms in total. The normalized spacial score (nSPS) is 15.0. The first-order chi connectivity index (χ1) is 15.5. The minimum absolute atomic E-state index is 0.0745. The van der Waals surface area contributed by atoms with Crippen molar-refractivity contribution in [2.24, 2.45) is 0 Å². The number of carbonyl (C=O) groups excluding carboxylic acids is 2. The summed E-state index contributed by atoms with van der Waals surface area (Å²) in [5.74, 6) is -0.0610. The van der Waals surface area contributed by atoms with Gasteiger partial charge in [-0.05, 0) is 47.5 Å². The Morgan fingerprint density at radius 3 is 2.38 bits per heavy atom. The quantitative estimate of drug-likeness (QED) is 0.574. The lowest BCUT2D eigenvalue weighted by Crippen LogP contribution is -2.33. The van der Waals surface area contributed by atoms with Crippen LogP contribution in [0.15, 0.2) is 78.5 Å². The van der Waals surface area contributed by atoms with Crippen molar-refractivity contribution in [2.75, 3.05) is 18.7 Å². The highest BCUT2D eigenvalue weighted by molar-refractivity contribution is 6.36. The van der Waals surface area contributed by atoms with Gasteiger partial charge in [0.25, 0.3) is 11.8 Å². The van der Waals surface area contributed by atoms with Crippen molar-refractivity contribution in [1.29, 1.82) is 0 Å². The fraction of sp³-hybridized carbons (Fsp3) is 0.120. The van der Waals surface area contributed by atoms with Gasteiger partial charge >= 0.3 is 0 Å². The zero-order valence-electron chi connectivity index (χ0n) is 17.2. The molecule has 2 heterocycles. The van der Waals surface area contributed by atoms with Crippen LogP contribution in [0.5, 0.6) is 11.5 Å². The second-order valence-corrected chi connectivity index (χ2v) is 7.51. The number of rotatable bonds is 5. The topological polar surface area (TPSA) is 59.1 Å². The molecule has 0 aromatic heterocycles. The molecule has 3 aromatic carbocycles. The van der Waals surface area contributed by atoms with E-state index in [9.17, 15) is 14.0 Å². The zero-order chi connectivity index (χ0) is 22.2. The third kappa shape index (κ3) is 3.37. The second kappa shape index (κ2) is 7.85. The molecule has 3 aromatic rings. The van der Waals surface area contributed by atoms with Gasteiger partial charge in [0.05, 0.1) is 12.1 Å². The van der Waals surface area contributed by atoms with Gasteiger partial charge in [0.1, 0.15) is 11.5 Å². The lowest BCUT2D eigenvalue weighted by Gasteiger charge is -2.21. The van der Waals surface area contributed by atoms with Gasteiger partial charge in [0.2, 0.25) is 6.79 Å². The molecular weight excluding hydrogens is 411 g/mol. The summed E-state index contributed by atoms with van der Waals surface area (Å²) in [6.07, 6.45) is 0.